The highest BCUT2D eigenvalue weighted by Crippen LogP contribution is 2.15. The minimum Gasteiger partial charge on any atom is -0.340 e. The second-order valence-electron chi connectivity index (χ2n) is 4.10. The molecule has 1 N–H and O–H groups in total. The van der Waals surface area contributed by atoms with Crippen molar-refractivity contribution in [2.75, 3.05) is 18.7 Å². The van der Waals surface area contributed by atoms with Crippen LogP contribution in [-0.2, 0) is 11.3 Å². The molecule has 0 bridgehead atoms. The van der Waals surface area contributed by atoms with Crippen LogP contribution in [0.2, 0.25) is 5.02 Å². The molecular formula is C12H15ClN2OS. The molecule has 1 heterocycles. The molecule has 0 spiro atoms. The zero-order valence-electron chi connectivity index (χ0n) is 9.65. The molecule has 3 nitrogen and oxygen atoms in total. The van der Waals surface area contributed by atoms with Crippen molar-refractivity contribution >= 4 is 29.3 Å². The van der Waals surface area contributed by atoms with Crippen molar-refractivity contribution in [3.63, 3.8) is 0 Å². The molecule has 1 fully saturated rings. The highest BCUT2D eigenvalue weighted by Gasteiger charge is 2.25. The number of carbonyl (C=O) groups is 1. The molecule has 1 atom stereocenters. The Kier molecular flexibility index (Phi) is 4.31. The van der Waals surface area contributed by atoms with Gasteiger partial charge in [0.05, 0.1) is 6.04 Å². The Balaban J connectivity index is 1.96. The molecule has 0 aliphatic carbocycles. The van der Waals surface area contributed by atoms with Crippen LogP contribution in [0.4, 0.5) is 0 Å². The number of halogens is 1. The minimum atomic E-state index is -0.0378. The molecule has 17 heavy (non-hydrogen) atoms. The van der Waals surface area contributed by atoms with Gasteiger partial charge in [-0.25, -0.2) is 0 Å². The summed E-state index contributed by atoms with van der Waals surface area (Å²) in [6, 6.07) is 7.57. The van der Waals surface area contributed by atoms with Crippen LogP contribution in [0.3, 0.4) is 0 Å². The van der Waals surface area contributed by atoms with E-state index >= 15 is 0 Å². The average Bonchev–Trinajstić information content (AvgIpc) is 2.81. The Morgan fingerprint density at radius 3 is 3.12 bits per heavy atom. The van der Waals surface area contributed by atoms with Crippen LogP contribution in [0.1, 0.15) is 5.56 Å². The highest BCUT2D eigenvalue weighted by molar-refractivity contribution is 7.99. The number of nitrogens with one attached hydrogen (secondary N) is 1. The Bertz CT molecular complexity index is 407. The summed E-state index contributed by atoms with van der Waals surface area (Å²) < 4.78 is 0. The van der Waals surface area contributed by atoms with Crippen LogP contribution < -0.4 is 5.32 Å². The van der Waals surface area contributed by atoms with E-state index in [-0.39, 0.29) is 11.9 Å². The van der Waals surface area contributed by atoms with Crippen LogP contribution >= 0.6 is 23.4 Å². The second kappa shape index (κ2) is 5.76. The monoisotopic (exact) mass is 270 g/mol. The maximum Gasteiger partial charge on any atom is 0.240 e. The average molecular weight is 271 g/mol. The Hall–Kier alpha value is -0.710. The number of carbonyl (C=O) groups excluding carboxylic acids is 1. The summed E-state index contributed by atoms with van der Waals surface area (Å²) in [5, 5.41) is 3.89. The number of amides is 1. The smallest absolute Gasteiger partial charge is 0.240 e. The van der Waals surface area contributed by atoms with E-state index in [1.54, 1.807) is 16.7 Å². The van der Waals surface area contributed by atoms with E-state index in [2.05, 4.69) is 5.32 Å². The first-order chi connectivity index (χ1) is 8.16. The standard InChI is InChI=1S/C12H15ClN2OS/c1-15(12(16)11-7-17-8-14-11)6-9-3-2-4-10(13)5-9/h2-5,11,14H,6-8H2,1H3. The fraction of sp³-hybridized carbons (Fsp3) is 0.417. The number of hydrogen-bond acceptors (Lipinski definition) is 3. The molecule has 0 aromatic heterocycles. The predicted molar refractivity (Wildman–Crippen MR) is 72.2 cm³/mol. The van der Waals surface area contributed by atoms with E-state index in [1.165, 1.54) is 0 Å². The Labute approximate surface area is 111 Å². The lowest BCUT2D eigenvalue weighted by Crippen LogP contribution is -2.42. The summed E-state index contributed by atoms with van der Waals surface area (Å²) >= 11 is 7.67. The van der Waals surface area contributed by atoms with E-state index in [1.807, 2.05) is 31.3 Å². The first-order valence-electron chi connectivity index (χ1n) is 5.47. The summed E-state index contributed by atoms with van der Waals surface area (Å²) in [4.78, 5) is 13.8. The van der Waals surface area contributed by atoms with E-state index in [0.29, 0.717) is 11.6 Å². The molecule has 5 heteroatoms. The predicted octanol–water partition coefficient (Wildman–Crippen LogP) is 1.96. The number of hydrogen-bond donors (Lipinski definition) is 1. The van der Waals surface area contributed by atoms with Crippen LogP contribution in [0, 0.1) is 0 Å². The lowest BCUT2D eigenvalue weighted by atomic mass is 10.2. The molecule has 1 saturated heterocycles. The fourth-order valence-electron chi connectivity index (χ4n) is 1.81. The van der Waals surface area contributed by atoms with E-state index in [0.717, 1.165) is 17.2 Å². The fourth-order valence-corrected chi connectivity index (χ4v) is 2.95. The van der Waals surface area contributed by atoms with Crippen molar-refractivity contribution in [1.29, 1.82) is 0 Å². The van der Waals surface area contributed by atoms with Gasteiger partial charge in [-0.2, -0.15) is 0 Å². The van der Waals surface area contributed by atoms with Gasteiger partial charge < -0.3 is 4.90 Å². The molecule has 0 saturated carbocycles. The quantitative estimate of drug-likeness (QED) is 0.911. The lowest BCUT2D eigenvalue weighted by Gasteiger charge is -2.20. The van der Waals surface area contributed by atoms with Crippen molar-refractivity contribution in [3.05, 3.63) is 34.9 Å². The van der Waals surface area contributed by atoms with Gasteiger partial charge in [0.25, 0.3) is 0 Å². The van der Waals surface area contributed by atoms with E-state index in [4.69, 9.17) is 11.6 Å². The normalized spacial score (nSPS) is 19.3. The number of rotatable bonds is 3. The first kappa shape index (κ1) is 12.7. The van der Waals surface area contributed by atoms with Crippen molar-refractivity contribution in [1.82, 2.24) is 10.2 Å². The second-order valence-corrected chi connectivity index (χ2v) is 5.56. The van der Waals surface area contributed by atoms with Gasteiger partial charge in [0.15, 0.2) is 0 Å². The molecule has 2 rings (SSSR count). The highest BCUT2D eigenvalue weighted by atomic mass is 35.5. The number of benzene rings is 1. The van der Waals surface area contributed by atoms with E-state index in [9.17, 15) is 4.79 Å². The third-order valence-electron chi connectivity index (χ3n) is 2.70. The maximum atomic E-state index is 12.1. The van der Waals surface area contributed by atoms with Crippen molar-refractivity contribution in [2.45, 2.75) is 12.6 Å². The van der Waals surface area contributed by atoms with Crippen molar-refractivity contribution in [2.24, 2.45) is 0 Å². The molecule has 1 amide bonds. The molecule has 1 aromatic carbocycles. The molecule has 1 unspecified atom stereocenters. The molecular weight excluding hydrogens is 256 g/mol. The van der Waals surface area contributed by atoms with Crippen LogP contribution in [0.25, 0.3) is 0 Å². The number of likely N-dealkylation sites (N-methyl/N-ethyl adjacent to an activating group) is 1. The van der Waals surface area contributed by atoms with Gasteiger partial charge in [-0.3, -0.25) is 10.1 Å². The number of thioether (sulfide) groups is 1. The van der Waals surface area contributed by atoms with E-state index < -0.39 is 0 Å². The molecule has 1 aromatic rings. The largest absolute Gasteiger partial charge is 0.340 e. The Morgan fingerprint density at radius 1 is 1.65 bits per heavy atom. The van der Waals surface area contributed by atoms with Gasteiger partial charge in [-0.05, 0) is 17.7 Å². The Morgan fingerprint density at radius 2 is 2.47 bits per heavy atom. The summed E-state index contributed by atoms with van der Waals surface area (Å²) in [6.45, 7) is 0.599. The third kappa shape index (κ3) is 3.37. The summed E-state index contributed by atoms with van der Waals surface area (Å²) in [7, 11) is 1.83. The number of nitrogens with zero attached hydrogens (tertiary/aromatic N) is 1. The first-order valence-corrected chi connectivity index (χ1v) is 7.00. The van der Waals surface area contributed by atoms with Crippen molar-refractivity contribution < 1.29 is 4.79 Å². The van der Waals surface area contributed by atoms with Gasteiger partial charge in [0, 0.05) is 30.2 Å². The minimum absolute atomic E-state index is 0.0378. The van der Waals surface area contributed by atoms with Gasteiger partial charge >= 0.3 is 0 Å². The maximum absolute atomic E-state index is 12.1. The van der Waals surface area contributed by atoms with Crippen molar-refractivity contribution in [3.8, 4) is 0 Å². The van der Waals surface area contributed by atoms with Gasteiger partial charge in [-0.1, -0.05) is 23.7 Å². The molecule has 1 aliphatic heterocycles. The lowest BCUT2D eigenvalue weighted by molar-refractivity contribution is -0.131. The summed E-state index contributed by atoms with van der Waals surface area (Å²) in [6.07, 6.45) is 0. The summed E-state index contributed by atoms with van der Waals surface area (Å²) in [5.41, 5.74) is 1.05. The van der Waals surface area contributed by atoms with Crippen LogP contribution in [0.5, 0.6) is 0 Å². The molecule has 0 radical (unpaired) electrons. The van der Waals surface area contributed by atoms with Gasteiger partial charge in [0.2, 0.25) is 5.91 Å². The SMILES string of the molecule is CN(Cc1cccc(Cl)c1)C(=O)C1CSCN1. The zero-order chi connectivity index (χ0) is 12.3. The molecule has 1 aliphatic rings. The van der Waals surface area contributed by atoms with Gasteiger partial charge in [-0.15, -0.1) is 11.8 Å². The van der Waals surface area contributed by atoms with Crippen LogP contribution in [-0.4, -0.2) is 35.5 Å². The molecule has 92 valence electrons. The zero-order valence-corrected chi connectivity index (χ0v) is 11.2. The third-order valence-corrected chi connectivity index (χ3v) is 3.87. The van der Waals surface area contributed by atoms with Crippen LogP contribution in [0.15, 0.2) is 24.3 Å². The summed E-state index contributed by atoms with van der Waals surface area (Å²) in [5.74, 6) is 1.87. The van der Waals surface area contributed by atoms with Gasteiger partial charge in [0.1, 0.15) is 0 Å². The topological polar surface area (TPSA) is 32.3 Å².